The molecule has 1 aliphatic rings. The highest BCUT2D eigenvalue weighted by Gasteiger charge is 2.24. The number of thiophene rings is 1. The number of aryl methyl sites for hydroxylation is 1. The lowest BCUT2D eigenvalue weighted by atomic mass is 10.2. The standard InChI is InChI=1S/C18H26N4O3S/c1-3-4-9-22(12-14-8-7-13(2)26-14)18(23)19-11-16-20-17(25-21-16)15-6-5-10-24-15/h7-8,15H,3-6,9-12H2,1-2H3,(H,19,23)/t15-/m0/s1. The van der Waals surface area contributed by atoms with Gasteiger partial charge in [-0.1, -0.05) is 18.5 Å². The van der Waals surface area contributed by atoms with Crippen molar-refractivity contribution in [2.24, 2.45) is 0 Å². The number of carbonyl (C=O) groups excluding carboxylic acids is 1. The summed E-state index contributed by atoms with van der Waals surface area (Å²) < 4.78 is 10.8. The Morgan fingerprint density at radius 3 is 3.04 bits per heavy atom. The van der Waals surface area contributed by atoms with E-state index in [0.717, 1.165) is 38.8 Å². The summed E-state index contributed by atoms with van der Waals surface area (Å²) in [4.78, 5) is 21.2. The van der Waals surface area contributed by atoms with E-state index in [-0.39, 0.29) is 18.7 Å². The molecule has 0 unspecified atom stereocenters. The highest BCUT2D eigenvalue weighted by atomic mass is 32.1. The lowest BCUT2D eigenvalue weighted by Crippen LogP contribution is -2.39. The molecule has 2 aromatic rings. The zero-order valence-corrected chi connectivity index (χ0v) is 16.2. The Morgan fingerprint density at radius 2 is 2.35 bits per heavy atom. The first-order valence-corrected chi connectivity index (χ1v) is 9.99. The third-order valence-electron chi connectivity index (χ3n) is 4.30. The highest BCUT2D eigenvalue weighted by Crippen LogP contribution is 2.26. The Morgan fingerprint density at radius 1 is 1.46 bits per heavy atom. The van der Waals surface area contributed by atoms with Crippen molar-refractivity contribution in [1.82, 2.24) is 20.4 Å². The summed E-state index contributed by atoms with van der Waals surface area (Å²) in [7, 11) is 0. The van der Waals surface area contributed by atoms with Crippen molar-refractivity contribution < 1.29 is 14.1 Å². The molecule has 1 aliphatic heterocycles. The number of aromatic nitrogens is 2. The first-order chi connectivity index (χ1) is 12.7. The van der Waals surface area contributed by atoms with Gasteiger partial charge in [0.1, 0.15) is 6.10 Å². The fourth-order valence-electron chi connectivity index (χ4n) is 2.87. The normalized spacial score (nSPS) is 16.8. The van der Waals surface area contributed by atoms with E-state index < -0.39 is 0 Å². The number of hydrogen-bond donors (Lipinski definition) is 1. The van der Waals surface area contributed by atoms with Crippen LogP contribution in [0.25, 0.3) is 0 Å². The molecule has 26 heavy (non-hydrogen) atoms. The molecular formula is C18H26N4O3S. The molecule has 3 heterocycles. The van der Waals surface area contributed by atoms with Gasteiger partial charge in [-0.15, -0.1) is 11.3 Å². The van der Waals surface area contributed by atoms with Gasteiger partial charge in [0.05, 0.1) is 13.1 Å². The molecule has 0 spiro atoms. The topological polar surface area (TPSA) is 80.5 Å². The van der Waals surface area contributed by atoms with E-state index in [9.17, 15) is 4.79 Å². The summed E-state index contributed by atoms with van der Waals surface area (Å²) >= 11 is 1.72. The smallest absolute Gasteiger partial charge is 0.318 e. The summed E-state index contributed by atoms with van der Waals surface area (Å²) in [5, 5.41) is 6.85. The van der Waals surface area contributed by atoms with Crippen LogP contribution < -0.4 is 5.32 Å². The SMILES string of the molecule is CCCCN(Cc1ccc(C)s1)C(=O)NCc1noc([C@@H]2CCCO2)n1. The second-order valence-electron chi connectivity index (χ2n) is 6.50. The second kappa shape index (κ2) is 9.14. The van der Waals surface area contributed by atoms with Gasteiger partial charge in [-0.25, -0.2) is 4.79 Å². The van der Waals surface area contributed by atoms with Crippen molar-refractivity contribution in [3.05, 3.63) is 33.6 Å². The van der Waals surface area contributed by atoms with Gasteiger partial charge in [-0.05, 0) is 38.3 Å². The molecule has 8 heteroatoms. The van der Waals surface area contributed by atoms with Crippen LogP contribution in [0.5, 0.6) is 0 Å². The van der Waals surface area contributed by atoms with Crippen LogP contribution in [-0.2, 0) is 17.8 Å². The molecule has 7 nitrogen and oxygen atoms in total. The minimum Gasteiger partial charge on any atom is -0.368 e. The molecule has 3 rings (SSSR count). The summed E-state index contributed by atoms with van der Waals surface area (Å²) in [5.74, 6) is 0.981. The maximum Gasteiger partial charge on any atom is 0.318 e. The van der Waals surface area contributed by atoms with E-state index in [0.29, 0.717) is 18.3 Å². The Balaban J connectivity index is 1.54. The lowest BCUT2D eigenvalue weighted by Gasteiger charge is -2.22. The fraction of sp³-hybridized carbons (Fsp3) is 0.611. The molecule has 2 aromatic heterocycles. The van der Waals surface area contributed by atoms with Gasteiger partial charge >= 0.3 is 6.03 Å². The molecule has 1 N–H and O–H groups in total. The van der Waals surface area contributed by atoms with E-state index in [2.05, 4.69) is 41.4 Å². The fourth-order valence-corrected chi connectivity index (χ4v) is 3.77. The number of amides is 2. The predicted octanol–water partition coefficient (Wildman–Crippen LogP) is 3.80. The molecule has 142 valence electrons. The Kier molecular flexibility index (Phi) is 6.62. The Labute approximate surface area is 157 Å². The van der Waals surface area contributed by atoms with Crippen LogP contribution in [0, 0.1) is 6.92 Å². The van der Waals surface area contributed by atoms with Crippen LogP contribution in [-0.4, -0.2) is 34.2 Å². The van der Waals surface area contributed by atoms with Crippen LogP contribution in [0.1, 0.15) is 60.2 Å². The quantitative estimate of drug-likeness (QED) is 0.756. The largest absolute Gasteiger partial charge is 0.368 e. The van der Waals surface area contributed by atoms with Crippen molar-refractivity contribution in [2.45, 2.75) is 58.7 Å². The van der Waals surface area contributed by atoms with Gasteiger partial charge in [0.15, 0.2) is 5.82 Å². The van der Waals surface area contributed by atoms with Gasteiger partial charge in [0, 0.05) is 22.9 Å². The summed E-state index contributed by atoms with van der Waals surface area (Å²) in [6.45, 7) is 6.53. The second-order valence-corrected chi connectivity index (χ2v) is 7.87. The molecule has 0 aliphatic carbocycles. The minimum atomic E-state index is -0.104. The summed E-state index contributed by atoms with van der Waals surface area (Å²) in [5.41, 5.74) is 0. The van der Waals surface area contributed by atoms with E-state index in [1.54, 1.807) is 11.3 Å². The zero-order valence-electron chi connectivity index (χ0n) is 15.4. The average molecular weight is 378 g/mol. The molecule has 1 saturated heterocycles. The number of hydrogen-bond acceptors (Lipinski definition) is 6. The Bertz CT molecular complexity index is 709. The van der Waals surface area contributed by atoms with Gasteiger partial charge in [-0.2, -0.15) is 4.98 Å². The van der Waals surface area contributed by atoms with Gasteiger partial charge < -0.3 is 19.5 Å². The molecular weight excluding hydrogens is 352 g/mol. The van der Waals surface area contributed by atoms with E-state index in [1.165, 1.54) is 9.75 Å². The van der Waals surface area contributed by atoms with Crippen molar-refractivity contribution in [3.8, 4) is 0 Å². The average Bonchev–Trinajstić information content (AvgIpc) is 3.37. The van der Waals surface area contributed by atoms with Crippen molar-refractivity contribution in [3.63, 3.8) is 0 Å². The maximum atomic E-state index is 12.6. The highest BCUT2D eigenvalue weighted by molar-refractivity contribution is 7.11. The molecule has 0 aromatic carbocycles. The number of unbranched alkanes of at least 4 members (excludes halogenated alkanes) is 1. The van der Waals surface area contributed by atoms with Crippen LogP contribution in [0.4, 0.5) is 4.79 Å². The molecule has 0 saturated carbocycles. The number of rotatable bonds is 8. The van der Waals surface area contributed by atoms with Crippen molar-refractivity contribution >= 4 is 17.4 Å². The summed E-state index contributed by atoms with van der Waals surface area (Å²) in [6, 6.07) is 4.06. The number of nitrogens with zero attached hydrogens (tertiary/aromatic N) is 3. The van der Waals surface area contributed by atoms with Crippen LogP contribution in [0.3, 0.4) is 0 Å². The first kappa shape index (κ1) is 18.8. The van der Waals surface area contributed by atoms with Crippen molar-refractivity contribution in [1.29, 1.82) is 0 Å². The number of nitrogens with one attached hydrogen (secondary N) is 1. The zero-order chi connectivity index (χ0) is 18.4. The Hall–Kier alpha value is -1.93. The molecule has 0 radical (unpaired) electrons. The van der Waals surface area contributed by atoms with E-state index >= 15 is 0 Å². The lowest BCUT2D eigenvalue weighted by molar-refractivity contribution is 0.0835. The monoisotopic (exact) mass is 378 g/mol. The van der Waals surface area contributed by atoms with Crippen LogP contribution >= 0.6 is 11.3 Å². The molecule has 0 bridgehead atoms. The molecule has 1 fully saturated rings. The van der Waals surface area contributed by atoms with E-state index in [1.807, 2.05) is 4.90 Å². The van der Waals surface area contributed by atoms with Crippen molar-refractivity contribution in [2.75, 3.05) is 13.2 Å². The van der Waals surface area contributed by atoms with E-state index in [4.69, 9.17) is 9.26 Å². The third-order valence-corrected chi connectivity index (χ3v) is 5.28. The first-order valence-electron chi connectivity index (χ1n) is 9.18. The van der Waals surface area contributed by atoms with Crippen LogP contribution in [0.15, 0.2) is 16.7 Å². The van der Waals surface area contributed by atoms with Crippen LogP contribution in [0.2, 0.25) is 0 Å². The number of urea groups is 1. The maximum absolute atomic E-state index is 12.6. The number of ether oxygens (including phenoxy) is 1. The molecule has 2 amide bonds. The minimum absolute atomic E-state index is 0.102. The predicted molar refractivity (Wildman–Crippen MR) is 98.8 cm³/mol. The van der Waals surface area contributed by atoms with Gasteiger partial charge in [0.2, 0.25) is 0 Å². The molecule has 1 atom stereocenters. The number of carbonyl (C=O) groups is 1. The summed E-state index contributed by atoms with van der Waals surface area (Å²) in [6.07, 6.45) is 3.83. The van der Waals surface area contributed by atoms with Gasteiger partial charge in [-0.3, -0.25) is 0 Å². The third kappa shape index (κ3) is 5.04. The van der Waals surface area contributed by atoms with Gasteiger partial charge in [0.25, 0.3) is 5.89 Å².